The van der Waals surface area contributed by atoms with Gasteiger partial charge in [-0.15, -0.1) is 0 Å². The molecule has 1 rings (SSSR count). The Hall–Kier alpha value is -0.970. The van der Waals surface area contributed by atoms with Gasteiger partial charge in [0.1, 0.15) is 5.82 Å². The fourth-order valence-electron chi connectivity index (χ4n) is 2.31. The van der Waals surface area contributed by atoms with E-state index in [2.05, 4.69) is 30.9 Å². The van der Waals surface area contributed by atoms with E-state index in [0.29, 0.717) is 6.54 Å². The zero-order valence-electron chi connectivity index (χ0n) is 12.5. The van der Waals surface area contributed by atoms with Gasteiger partial charge >= 0.3 is 0 Å². The van der Waals surface area contributed by atoms with Crippen LogP contribution in [0.1, 0.15) is 23.6 Å². The largest absolute Gasteiger partial charge is 0.329 e. The number of aryl methyl sites for hydroxylation is 1. The molecule has 0 spiro atoms. The number of hydrogen-bond acceptors (Lipinski definition) is 3. The summed E-state index contributed by atoms with van der Waals surface area (Å²) >= 11 is 0. The summed E-state index contributed by atoms with van der Waals surface area (Å²) in [5.41, 5.74) is 7.97. The van der Waals surface area contributed by atoms with Crippen LogP contribution >= 0.6 is 0 Å². The average molecular weight is 267 g/mol. The third-order valence-electron chi connectivity index (χ3n) is 3.47. The number of benzene rings is 1. The highest BCUT2D eigenvalue weighted by Crippen LogP contribution is 2.23. The Balaban J connectivity index is 2.73. The summed E-state index contributed by atoms with van der Waals surface area (Å²) in [5, 5.41) is 0. The number of rotatable bonds is 7. The molecule has 3 nitrogen and oxygen atoms in total. The molecule has 0 saturated heterocycles. The van der Waals surface area contributed by atoms with Crippen molar-refractivity contribution in [3.63, 3.8) is 0 Å². The molecule has 0 radical (unpaired) electrons. The van der Waals surface area contributed by atoms with Gasteiger partial charge in [0.05, 0.1) is 0 Å². The Morgan fingerprint density at radius 1 is 1.21 bits per heavy atom. The number of likely N-dealkylation sites (N-methyl/N-ethyl adjacent to an activating group) is 1. The van der Waals surface area contributed by atoms with Gasteiger partial charge in [-0.05, 0) is 70.8 Å². The minimum atomic E-state index is -0.194. The molecule has 108 valence electrons. The molecule has 19 heavy (non-hydrogen) atoms. The van der Waals surface area contributed by atoms with Gasteiger partial charge in [-0.1, -0.05) is 6.07 Å². The van der Waals surface area contributed by atoms with E-state index in [-0.39, 0.29) is 11.9 Å². The van der Waals surface area contributed by atoms with E-state index in [4.69, 9.17) is 5.73 Å². The van der Waals surface area contributed by atoms with Crippen molar-refractivity contribution < 1.29 is 4.39 Å². The van der Waals surface area contributed by atoms with Crippen LogP contribution in [0.5, 0.6) is 0 Å². The van der Waals surface area contributed by atoms with Crippen LogP contribution in [0, 0.1) is 12.7 Å². The van der Waals surface area contributed by atoms with Crippen molar-refractivity contribution in [2.24, 2.45) is 5.73 Å². The maximum atomic E-state index is 13.4. The molecule has 0 aliphatic rings. The molecular formula is C15H26FN3. The second-order valence-corrected chi connectivity index (χ2v) is 5.39. The lowest BCUT2D eigenvalue weighted by molar-refractivity contribution is 0.234. The molecule has 0 aliphatic heterocycles. The van der Waals surface area contributed by atoms with Crippen LogP contribution in [-0.4, -0.2) is 50.6 Å². The summed E-state index contributed by atoms with van der Waals surface area (Å²) in [6, 6.07) is 5.01. The SMILES string of the molecule is Cc1ccc(F)cc1C(CN)N(C)CCCN(C)C. The maximum absolute atomic E-state index is 13.4. The third kappa shape index (κ3) is 4.90. The molecule has 2 N–H and O–H groups in total. The lowest BCUT2D eigenvalue weighted by Crippen LogP contribution is -2.33. The first-order valence-electron chi connectivity index (χ1n) is 6.76. The van der Waals surface area contributed by atoms with Gasteiger partial charge in [0.25, 0.3) is 0 Å². The van der Waals surface area contributed by atoms with Crippen molar-refractivity contribution in [1.82, 2.24) is 9.80 Å². The van der Waals surface area contributed by atoms with Crippen LogP contribution in [0.2, 0.25) is 0 Å². The van der Waals surface area contributed by atoms with Gasteiger partial charge in [0.2, 0.25) is 0 Å². The molecule has 0 aromatic heterocycles. The molecular weight excluding hydrogens is 241 g/mol. The molecule has 0 aliphatic carbocycles. The molecule has 1 atom stereocenters. The van der Waals surface area contributed by atoms with Gasteiger partial charge in [-0.2, -0.15) is 0 Å². The van der Waals surface area contributed by atoms with Gasteiger partial charge in [0.15, 0.2) is 0 Å². The van der Waals surface area contributed by atoms with Crippen molar-refractivity contribution in [3.05, 3.63) is 35.1 Å². The smallest absolute Gasteiger partial charge is 0.123 e. The molecule has 1 aromatic carbocycles. The van der Waals surface area contributed by atoms with Gasteiger partial charge in [0, 0.05) is 12.6 Å². The van der Waals surface area contributed by atoms with Gasteiger partial charge in [-0.3, -0.25) is 4.90 Å². The summed E-state index contributed by atoms with van der Waals surface area (Å²) < 4.78 is 13.4. The van der Waals surface area contributed by atoms with Crippen LogP contribution in [0.3, 0.4) is 0 Å². The minimum absolute atomic E-state index is 0.0814. The second-order valence-electron chi connectivity index (χ2n) is 5.39. The predicted octanol–water partition coefficient (Wildman–Crippen LogP) is 2.02. The van der Waals surface area contributed by atoms with Crippen LogP contribution in [-0.2, 0) is 0 Å². The summed E-state index contributed by atoms with van der Waals surface area (Å²) in [6.45, 7) is 4.51. The molecule has 1 unspecified atom stereocenters. The number of hydrogen-bond donors (Lipinski definition) is 1. The molecule has 1 aromatic rings. The molecule has 0 saturated carbocycles. The van der Waals surface area contributed by atoms with E-state index in [1.165, 1.54) is 6.07 Å². The molecule has 0 amide bonds. The van der Waals surface area contributed by atoms with E-state index in [0.717, 1.165) is 30.6 Å². The number of halogens is 1. The highest BCUT2D eigenvalue weighted by Gasteiger charge is 2.17. The zero-order chi connectivity index (χ0) is 14.4. The Morgan fingerprint density at radius 3 is 2.47 bits per heavy atom. The van der Waals surface area contributed by atoms with Crippen LogP contribution < -0.4 is 5.73 Å². The van der Waals surface area contributed by atoms with E-state index in [1.807, 2.05) is 13.0 Å². The minimum Gasteiger partial charge on any atom is -0.329 e. The van der Waals surface area contributed by atoms with Crippen molar-refractivity contribution in [1.29, 1.82) is 0 Å². The van der Waals surface area contributed by atoms with Gasteiger partial charge < -0.3 is 10.6 Å². The first-order chi connectivity index (χ1) is 8.95. The summed E-state index contributed by atoms with van der Waals surface area (Å²) in [7, 11) is 6.19. The Bertz CT molecular complexity index is 393. The molecule has 4 heteroatoms. The quantitative estimate of drug-likeness (QED) is 0.820. The Kier molecular flexibility index (Phi) is 6.42. The van der Waals surface area contributed by atoms with Crippen molar-refractivity contribution >= 4 is 0 Å². The third-order valence-corrected chi connectivity index (χ3v) is 3.47. The molecule has 0 heterocycles. The predicted molar refractivity (Wildman–Crippen MR) is 78.7 cm³/mol. The van der Waals surface area contributed by atoms with Crippen LogP contribution in [0.15, 0.2) is 18.2 Å². The topological polar surface area (TPSA) is 32.5 Å². The maximum Gasteiger partial charge on any atom is 0.123 e. The average Bonchev–Trinajstić information content (AvgIpc) is 2.34. The number of nitrogens with two attached hydrogens (primary N) is 1. The monoisotopic (exact) mass is 267 g/mol. The van der Waals surface area contributed by atoms with E-state index < -0.39 is 0 Å². The van der Waals surface area contributed by atoms with Crippen molar-refractivity contribution in [3.8, 4) is 0 Å². The Labute approximate surface area is 116 Å². The second kappa shape index (κ2) is 7.58. The lowest BCUT2D eigenvalue weighted by atomic mass is 10.00. The van der Waals surface area contributed by atoms with E-state index in [1.54, 1.807) is 6.07 Å². The molecule has 0 bridgehead atoms. The van der Waals surface area contributed by atoms with Crippen molar-refractivity contribution in [2.75, 3.05) is 40.8 Å². The fraction of sp³-hybridized carbons (Fsp3) is 0.600. The Morgan fingerprint density at radius 2 is 1.89 bits per heavy atom. The van der Waals surface area contributed by atoms with Crippen molar-refractivity contribution in [2.45, 2.75) is 19.4 Å². The van der Waals surface area contributed by atoms with Crippen LogP contribution in [0.4, 0.5) is 4.39 Å². The zero-order valence-corrected chi connectivity index (χ0v) is 12.5. The first-order valence-corrected chi connectivity index (χ1v) is 6.76. The standard InChI is InChI=1S/C15H26FN3/c1-12-6-7-13(16)10-14(12)15(11-17)19(4)9-5-8-18(2)3/h6-7,10,15H,5,8-9,11,17H2,1-4H3. The van der Waals surface area contributed by atoms with Gasteiger partial charge in [-0.25, -0.2) is 4.39 Å². The summed E-state index contributed by atoms with van der Waals surface area (Å²) in [5.74, 6) is -0.194. The number of nitrogens with zero attached hydrogens (tertiary/aromatic N) is 2. The summed E-state index contributed by atoms with van der Waals surface area (Å²) in [6.07, 6.45) is 1.08. The first kappa shape index (κ1) is 16.1. The fourth-order valence-corrected chi connectivity index (χ4v) is 2.31. The van der Waals surface area contributed by atoms with E-state index in [9.17, 15) is 4.39 Å². The summed E-state index contributed by atoms with van der Waals surface area (Å²) in [4.78, 5) is 4.38. The highest BCUT2D eigenvalue weighted by atomic mass is 19.1. The highest BCUT2D eigenvalue weighted by molar-refractivity contribution is 5.29. The van der Waals surface area contributed by atoms with E-state index >= 15 is 0 Å². The normalized spacial score (nSPS) is 13.3. The molecule has 0 fully saturated rings. The van der Waals surface area contributed by atoms with Crippen LogP contribution in [0.25, 0.3) is 0 Å². The lowest BCUT2D eigenvalue weighted by Gasteiger charge is -2.29.